The first kappa shape index (κ1) is 21.2. The number of hydrogen-bond donors (Lipinski definition) is 0. The Morgan fingerprint density at radius 1 is 0.727 bits per heavy atom. The number of carbonyl (C=O) groups is 1. The average molecular weight is 311 g/mol. The Balaban J connectivity index is 3.28. The van der Waals surface area contributed by atoms with E-state index in [0.717, 1.165) is 25.7 Å². The lowest BCUT2D eigenvalue weighted by Crippen LogP contribution is -2.08. The molecule has 0 aliphatic rings. The summed E-state index contributed by atoms with van der Waals surface area (Å²) >= 11 is 0. The zero-order valence-corrected chi connectivity index (χ0v) is 15.1. The molecule has 22 heavy (non-hydrogen) atoms. The van der Waals surface area contributed by atoms with Crippen molar-refractivity contribution in [3.63, 3.8) is 0 Å². The van der Waals surface area contributed by atoms with Gasteiger partial charge in [0.05, 0.1) is 6.61 Å². The fourth-order valence-electron chi connectivity index (χ4n) is 2.55. The third kappa shape index (κ3) is 14.2. The van der Waals surface area contributed by atoms with Crippen molar-refractivity contribution in [2.75, 3.05) is 6.61 Å². The van der Waals surface area contributed by atoms with Gasteiger partial charge in [0, 0.05) is 5.57 Å². The highest BCUT2D eigenvalue weighted by atomic mass is 16.5. The molecule has 0 aromatic carbocycles. The second-order valence-electron chi connectivity index (χ2n) is 6.38. The monoisotopic (exact) mass is 310 g/mol. The molecule has 2 nitrogen and oxygen atoms in total. The molecule has 0 heterocycles. The van der Waals surface area contributed by atoms with E-state index in [1.807, 2.05) is 0 Å². The van der Waals surface area contributed by atoms with E-state index in [-0.39, 0.29) is 5.97 Å². The van der Waals surface area contributed by atoms with Crippen molar-refractivity contribution in [1.29, 1.82) is 0 Å². The number of esters is 1. The van der Waals surface area contributed by atoms with Gasteiger partial charge in [0.1, 0.15) is 0 Å². The average Bonchev–Trinajstić information content (AvgIpc) is 2.52. The Labute approximate surface area is 138 Å². The molecule has 0 radical (unpaired) electrons. The SMILES string of the molecule is C=C(CCCCC)C(=O)OCCCCCCCCCCCC. The van der Waals surface area contributed by atoms with Gasteiger partial charge < -0.3 is 4.74 Å². The molecular weight excluding hydrogens is 272 g/mol. The maximum absolute atomic E-state index is 11.7. The first-order valence-corrected chi connectivity index (χ1v) is 9.57. The molecule has 0 bridgehead atoms. The molecule has 0 aliphatic carbocycles. The van der Waals surface area contributed by atoms with E-state index in [0.29, 0.717) is 12.2 Å². The Bertz CT molecular complexity index is 271. The zero-order valence-electron chi connectivity index (χ0n) is 15.1. The first-order chi connectivity index (χ1) is 10.7. The molecular formula is C20H38O2. The predicted molar refractivity (Wildman–Crippen MR) is 96.1 cm³/mol. The third-order valence-corrected chi connectivity index (χ3v) is 4.10. The van der Waals surface area contributed by atoms with Crippen LogP contribution in [-0.2, 0) is 9.53 Å². The van der Waals surface area contributed by atoms with E-state index in [1.165, 1.54) is 64.2 Å². The van der Waals surface area contributed by atoms with Gasteiger partial charge in [-0.05, 0) is 19.3 Å². The van der Waals surface area contributed by atoms with Crippen LogP contribution in [0.3, 0.4) is 0 Å². The van der Waals surface area contributed by atoms with Gasteiger partial charge in [-0.15, -0.1) is 0 Å². The van der Waals surface area contributed by atoms with E-state index in [4.69, 9.17) is 4.74 Å². The molecule has 2 heteroatoms. The summed E-state index contributed by atoms with van der Waals surface area (Å²) < 4.78 is 5.27. The molecule has 0 rings (SSSR count). The van der Waals surface area contributed by atoms with Crippen molar-refractivity contribution in [2.45, 2.75) is 104 Å². The molecule has 0 N–H and O–H groups in total. The Morgan fingerprint density at radius 2 is 1.18 bits per heavy atom. The number of carbonyl (C=O) groups excluding carboxylic acids is 1. The maximum Gasteiger partial charge on any atom is 0.333 e. The molecule has 0 spiro atoms. The van der Waals surface area contributed by atoms with Gasteiger partial charge in [0.15, 0.2) is 0 Å². The lowest BCUT2D eigenvalue weighted by Gasteiger charge is -2.07. The van der Waals surface area contributed by atoms with Crippen molar-refractivity contribution in [3.8, 4) is 0 Å². The van der Waals surface area contributed by atoms with Crippen LogP contribution in [0.25, 0.3) is 0 Å². The van der Waals surface area contributed by atoms with E-state index >= 15 is 0 Å². The lowest BCUT2D eigenvalue weighted by molar-refractivity contribution is -0.139. The van der Waals surface area contributed by atoms with Crippen LogP contribution in [0, 0.1) is 0 Å². The van der Waals surface area contributed by atoms with Crippen LogP contribution in [-0.4, -0.2) is 12.6 Å². The van der Waals surface area contributed by atoms with Crippen LogP contribution in [0.5, 0.6) is 0 Å². The summed E-state index contributed by atoms with van der Waals surface area (Å²) in [5, 5.41) is 0. The largest absolute Gasteiger partial charge is 0.462 e. The highest BCUT2D eigenvalue weighted by Crippen LogP contribution is 2.11. The second kappa shape index (κ2) is 16.6. The van der Waals surface area contributed by atoms with Crippen molar-refractivity contribution >= 4 is 5.97 Å². The van der Waals surface area contributed by atoms with Crippen LogP contribution in [0.15, 0.2) is 12.2 Å². The van der Waals surface area contributed by atoms with Crippen LogP contribution < -0.4 is 0 Å². The van der Waals surface area contributed by atoms with Gasteiger partial charge in [-0.25, -0.2) is 4.79 Å². The Kier molecular flexibility index (Phi) is 16.0. The molecule has 0 fully saturated rings. The summed E-state index contributed by atoms with van der Waals surface area (Å²) in [5.74, 6) is -0.188. The lowest BCUT2D eigenvalue weighted by atomic mass is 10.1. The molecule has 130 valence electrons. The minimum Gasteiger partial charge on any atom is -0.462 e. The summed E-state index contributed by atoms with van der Waals surface area (Å²) in [5.41, 5.74) is 0.639. The quantitative estimate of drug-likeness (QED) is 0.183. The Morgan fingerprint density at radius 3 is 1.73 bits per heavy atom. The molecule has 0 aromatic rings. The smallest absolute Gasteiger partial charge is 0.333 e. The topological polar surface area (TPSA) is 26.3 Å². The van der Waals surface area contributed by atoms with Crippen LogP contribution in [0.1, 0.15) is 104 Å². The van der Waals surface area contributed by atoms with E-state index in [9.17, 15) is 4.79 Å². The molecule has 0 saturated carbocycles. The normalized spacial score (nSPS) is 10.6. The van der Waals surface area contributed by atoms with Gasteiger partial charge in [-0.3, -0.25) is 0 Å². The summed E-state index contributed by atoms with van der Waals surface area (Å²) in [7, 11) is 0. The molecule has 0 aliphatic heterocycles. The van der Waals surface area contributed by atoms with Crippen LogP contribution in [0.4, 0.5) is 0 Å². The number of hydrogen-bond acceptors (Lipinski definition) is 2. The van der Waals surface area contributed by atoms with Crippen LogP contribution in [0.2, 0.25) is 0 Å². The standard InChI is InChI=1S/C20H38O2/c1-4-6-8-9-10-11-12-13-14-16-18-22-20(21)19(3)17-15-7-5-2/h3-18H2,1-2H3. The fraction of sp³-hybridized carbons (Fsp3) is 0.850. The molecule has 0 saturated heterocycles. The number of unbranched alkanes of at least 4 members (excludes halogenated alkanes) is 11. The number of ether oxygens (including phenoxy) is 1. The zero-order chi connectivity index (χ0) is 16.5. The van der Waals surface area contributed by atoms with Crippen LogP contribution >= 0.6 is 0 Å². The third-order valence-electron chi connectivity index (χ3n) is 4.10. The summed E-state index contributed by atoms with van der Waals surface area (Å²) in [6.07, 6.45) is 17.1. The molecule has 0 unspecified atom stereocenters. The summed E-state index contributed by atoms with van der Waals surface area (Å²) in [4.78, 5) is 11.7. The van der Waals surface area contributed by atoms with E-state index in [1.54, 1.807) is 0 Å². The molecule has 0 atom stereocenters. The minimum atomic E-state index is -0.188. The van der Waals surface area contributed by atoms with E-state index in [2.05, 4.69) is 20.4 Å². The summed E-state index contributed by atoms with van der Waals surface area (Å²) in [6, 6.07) is 0. The minimum absolute atomic E-state index is 0.188. The molecule has 0 amide bonds. The van der Waals surface area contributed by atoms with Gasteiger partial charge in [0.25, 0.3) is 0 Å². The van der Waals surface area contributed by atoms with E-state index < -0.39 is 0 Å². The predicted octanol–water partition coefficient (Wildman–Crippen LogP) is 6.59. The Hall–Kier alpha value is -0.790. The van der Waals surface area contributed by atoms with Crippen molar-refractivity contribution in [1.82, 2.24) is 0 Å². The highest BCUT2D eigenvalue weighted by Gasteiger charge is 2.07. The fourth-order valence-corrected chi connectivity index (χ4v) is 2.55. The van der Waals surface area contributed by atoms with Crippen molar-refractivity contribution in [3.05, 3.63) is 12.2 Å². The van der Waals surface area contributed by atoms with Crippen molar-refractivity contribution in [2.24, 2.45) is 0 Å². The first-order valence-electron chi connectivity index (χ1n) is 9.57. The maximum atomic E-state index is 11.7. The molecule has 0 aromatic heterocycles. The number of rotatable bonds is 16. The van der Waals surface area contributed by atoms with Crippen molar-refractivity contribution < 1.29 is 9.53 Å². The summed E-state index contributed by atoms with van der Waals surface area (Å²) in [6.45, 7) is 8.80. The van der Waals surface area contributed by atoms with Gasteiger partial charge in [-0.1, -0.05) is 91.1 Å². The highest BCUT2D eigenvalue weighted by molar-refractivity contribution is 5.87. The van der Waals surface area contributed by atoms with Gasteiger partial charge in [-0.2, -0.15) is 0 Å². The van der Waals surface area contributed by atoms with Gasteiger partial charge in [0.2, 0.25) is 0 Å². The second-order valence-corrected chi connectivity index (χ2v) is 6.38. The van der Waals surface area contributed by atoms with Gasteiger partial charge >= 0.3 is 5.97 Å².